The van der Waals surface area contributed by atoms with Crippen molar-refractivity contribution >= 4 is 16.9 Å². The number of aromatic amines is 1. The molecule has 1 aromatic carbocycles. The van der Waals surface area contributed by atoms with Crippen LogP contribution >= 0.6 is 0 Å². The molecule has 1 aromatic heterocycles. The van der Waals surface area contributed by atoms with Gasteiger partial charge in [0.05, 0.1) is 5.52 Å². The molecule has 0 amide bonds. The number of hydrogen-bond acceptors (Lipinski definition) is 3. The zero-order valence-corrected chi connectivity index (χ0v) is 11.2. The van der Waals surface area contributed by atoms with Crippen molar-refractivity contribution in [3.8, 4) is 0 Å². The highest BCUT2D eigenvalue weighted by atomic mass is 16.4. The maximum atomic E-state index is 12.6. The highest BCUT2D eigenvalue weighted by molar-refractivity contribution is 6.00. The molecule has 0 spiro atoms. The maximum absolute atomic E-state index is 12.6. The van der Waals surface area contributed by atoms with Crippen LogP contribution in [0, 0.1) is 11.3 Å². The van der Waals surface area contributed by atoms with E-state index in [-0.39, 0.29) is 17.1 Å². The molecule has 4 heteroatoms. The number of carbonyl (C=O) groups excluding carboxylic acids is 1. The lowest BCUT2D eigenvalue weighted by molar-refractivity contribution is 0.0839. The standard InChI is InChI=1S/C15H17NO3/c1-15(2)7-3-4-10(15)13(17)9-5-6-11-12(8-9)19-14(18)16-11/h5-6,8,10H,3-4,7H2,1-2H3,(H,16,18). The van der Waals surface area contributed by atoms with Crippen molar-refractivity contribution in [2.75, 3.05) is 0 Å². The molecule has 1 aliphatic rings. The lowest BCUT2D eigenvalue weighted by atomic mass is 9.78. The summed E-state index contributed by atoms with van der Waals surface area (Å²) in [6.07, 6.45) is 3.14. The quantitative estimate of drug-likeness (QED) is 0.843. The summed E-state index contributed by atoms with van der Waals surface area (Å²) in [5.41, 5.74) is 1.78. The van der Waals surface area contributed by atoms with Crippen molar-refractivity contribution in [2.45, 2.75) is 33.1 Å². The number of carbonyl (C=O) groups is 1. The summed E-state index contributed by atoms with van der Waals surface area (Å²) in [7, 11) is 0. The second kappa shape index (κ2) is 4.08. The van der Waals surface area contributed by atoms with Crippen molar-refractivity contribution in [3.05, 3.63) is 34.3 Å². The van der Waals surface area contributed by atoms with Crippen molar-refractivity contribution in [1.82, 2.24) is 4.98 Å². The van der Waals surface area contributed by atoms with Crippen LogP contribution in [0.5, 0.6) is 0 Å². The van der Waals surface area contributed by atoms with Crippen molar-refractivity contribution in [2.24, 2.45) is 11.3 Å². The minimum atomic E-state index is -0.485. The zero-order chi connectivity index (χ0) is 13.6. The van der Waals surface area contributed by atoms with E-state index >= 15 is 0 Å². The van der Waals surface area contributed by atoms with Crippen LogP contribution < -0.4 is 5.76 Å². The van der Waals surface area contributed by atoms with Crippen molar-refractivity contribution < 1.29 is 9.21 Å². The van der Waals surface area contributed by atoms with Gasteiger partial charge in [0.2, 0.25) is 0 Å². The predicted octanol–water partition coefficient (Wildman–Crippen LogP) is 3.13. The van der Waals surface area contributed by atoms with Gasteiger partial charge in [0, 0.05) is 11.5 Å². The number of H-pyrrole nitrogens is 1. The number of Topliss-reactive ketones (excluding diaryl/α,β-unsaturated/α-hetero) is 1. The molecule has 1 atom stereocenters. The van der Waals surface area contributed by atoms with E-state index in [1.54, 1.807) is 18.2 Å². The van der Waals surface area contributed by atoms with Crippen LogP contribution in [0.4, 0.5) is 0 Å². The van der Waals surface area contributed by atoms with E-state index in [9.17, 15) is 9.59 Å². The molecule has 1 heterocycles. The molecule has 0 aliphatic heterocycles. The third-order valence-corrected chi connectivity index (χ3v) is 4.28. The Morgan fingerprint density at radius 2 is 2.21 bits per heavy atom. The minimum Gasteiger partial charge on any atom is -0.408 e. The third kappa shape index (κ3) is 2.01. The summed E-state index contributed by atoms with van der Waals surface area (Å²) in [6.45, 7) is 4.30. The Bertz CT molecular complexity index is 693. The molecule has 19 heavy (non-hydrogen) atoms. The van der Waals surface area contributed by atoms with E-state index in [4.69, 9.17) is 4.42 Å². The molecule has 1 saturated carbocycles. The summed E-state index contributed by atoms with van der Waals surface area (Å²) in [5, 5.41) is 0. The molecule has 0 saturated heterocycles. The molecule has 1 N–H and O–H groups in total. The number of fused-ring (bicyclic) bond motifs is 1. The number of rotatable bonds is 2. The lowest BCUT2D eigenvalue weighted by Gasteiger charge is -2.25. The Hall–Kier alpha value is -1.84. The van der Waals surface area contributed by atoms with Crippen LogP contribution in [0.2, 0.25) is 0 Å². The molecule has 100 valence electrons. The fraction of sp³-hybridized carbons (Fsp3) is 0.467. The zero-order valence-electron chi connectivity index (χ0n) is 11.2. The fourth-order valence-electron chi connectivity index (χ4n) is 3.11. The highest BCUT2D eigenvalue weighted by Gasteiger charge is 2.39. The highest BCUT2D eigenvalue weighted by Crippen LogP contribution is 2.44. The van der Waals surface area contributed by atoms with Crippen LogP contribution in [0.1, 0.15) is 43.5 Å². The van der Waals surface area contributed by atoms with Gasteiger partial charge in [-0.3, -0.25) is 9.78 Å². The molecular weight excluding hydrogens is 242 g/mol. The Labute approximate surface area is 110 Å². The van der Waals surface area contributed by atoms with Gasteiger partial charge < -0.3 is 4.42 Å². The second-order valence-corrected chi connectivity index (χ2v) is 6.02. The summed E-state index contributed by atoms with van der Waals surface area (Å²) in [5.74, 6) is -0.260. The molecule has 1 aliphatic carbocycles. The summed E-state index contributed by atoms with van der Waals surface area (Å²) < 4.78 is 5.01. The average molecular weight is 259 g/mol. The Morgan fingerprint density at radius 1 is 1.42 bits per heavy atom. The molecule has 3 rings (SSSR count). The van der Waals surface area contributed by atoms with Gasteiger partial charge in [-0.2, -0.15) is 0 Å². The second-order valence-electron chi connectivity index (χ2n) is 6.02. The van der Waals surface area contributed by atoms with Gasteiger partial charge in [0.15, 0.2) is 11.4 Å². The first kappa shape index (κ1) is 12.2. The number of ketones is 1. The van der Waals surface area contributed by atoms with E-state index in [1.165, 1.54) is 0 Å². The molecule has 0 radical (unpaired) electrons. The minimum absolute atomic E-state index is 0.0605. The average Bonchev–Trinajstić information content (AvgIpc) is 2.88. The van der Waals surface area contributed by atoms with Gasteiger partial charge in [-0.05, 0) is 36.5 Å². The van der Waals surface area contributed by atoms with Gasteiger partial charge in [-0.1, -0.05) is 20.3 Å². The van der Waals surface area contributed by atoms with Crippen LogP contribution in [0.25, 0.3) is 11.1 Å². The van der Waals surface area contributed by atoms with Gasteiger partial charge in [0.1, 0.15) is 0 Å². The molecule has 2 aromatic rings. The molecule has 0 bridgehead atoms. The number of nitrogens with one attached hydrogen (secondary N) is 1. The first-order valence-electron chi connectivity index (χ1n) is 6.64. The molecule has 1 unspecified atom stereocenters. The molecule has 1 fully saturated rings. The van der Waals surface area contributed by atoms with Crippen LogP contribution in [0.3, 0.4) is 0 Å². The van der Waals surface area contributed by atoms with Crippen LogP contribution in [-0.2, 0) is 0 Å². The molecular formula is C15H17NO3. The van der Waals surface area contributed by atoms with Crippen molar-refractivity contribution in [1.29, 1.82) is 0 Å². The van der Waals surface area contributed by atoms with E-state index in [1.807, 2.05) is 0 Å². The first-order chi connectivity index (χ1) is 8.97. The number of benzene rings is 1. The van der Waals surface area contributed by atoms with Crippen molar-refractivity contribution in [3.63, 3.8) is 0 Å². The van der Waals surface area contributed by atoms with E-state index in [0.29, 0.717) is 16.7 Å². The normalized spacial score (nSPS) is 21.9. The summed E-state index contributed by atoms with van der Waals surface area (Å²) in [4.78, 5) is 26.3. The topological polar surface area (TPSA) is 63.1 Å². The first-order valence-corrected chi connectivity index (χ1v) is 6.64. The van der Waals surface area contributed by atoms with Crippen LogP contribution in [-0.4, -0.2) is 10.8 Å². The number of aromatic nitrogens is 1. The Kier molecular flexibility index (Phi) is 2.62. The SMILES string of the molecule is CC1(C)CCCC1C(=O)c1ccc2[nH]c(=O)oc2c1. The van der Waals surface area contributed by atoms with Gasteiger partial charge in [0.25, 0.3) is 0 Å². The lowest BCUT2D eigenvalue weighted by Crippen LogP contribution is -2.25. The fourth-order valence-corrected chi connectivity index (χ4v) is 3.11. The van der Waals surface area contributed by atoms with E-state index in [2.05, 4.69) is 18.8 Å². The Morgan fingerprint density at radius 3 is 2.89 bits per heavy atom. The van der Waals surface area contributed by atoms with Gasteiger partial charge >= 0.3 is 5.76 Å². The van der Waals surface area contributed by atoms with E-state index in [0.717, 1.165) is 19.3 Å². The van der Waals surface area contributed by atoms with Gasteiger partial charge in [-0.15, -0.1) is 0 Å². The number of oxazole rings is 1. The summed E-state index contributed by atoms with van der Waals surface area (Å²) in [6, 6.07) is 5.17. The smallest absolute Gasteiger partial charge is 0.408 e. The maximum Gasteiger partial charge on any atom is 0.417 e. The summed E-state index contributed by atoms with van der Waals surface area (Å²) >= 11 is 0. The Balaban J connectivity index is 1.99. The predicted molar refractivity (Wildman–Crippen MR) is 72.3 cm³/mol. The van der Waals surface area contributed by atoms with Gasteiger partial charge in [-0.25, -0.2) is 4.79 Å². The third-order valence-electron chi connectivity index (χ3n) is 4.28. The largest absolute Gasteiger partial charge is 0.417 e. The van der Waals surface area contributed by atoms with Crippen LogP contribution in [0.15, 0.2) is 27.4 Å². The molecule has 4 nitrogen and oxygen atoms in total. The van der Waals surface area contributed by atoms with E-state index < -0.39 is 5.76 Å². The monoisotopic (exact) mass is 259 g/mol. The number of hydrogen-bond donors (Lipinski definition) is 1.